The van der Waals surface area contributed by atoms with E-state index >= 15 is 0 Å². The number of amides is 2. The summed E-state index contributed by atoms with van der Waals surface area (Å²) in [4.78, 5) is 56.2. The molecule has 0 spiro atoms. The number of unbranched alkanes of at least 4 members (excludes halogenated alkanes) is 1. The van der Waals surface area contributed by atoms with Crippen LogP contribution in [0.25, 0.3) is 21.8 Å². The average Bonchev–Trinajstić information content (AvgIpc) is 3.41. The Morgan fingerprint density at radius 3 is 2.17 bits per heavy atom. The van der Waals surface area contributed by atoms with E-state index in [0.29, 0.717) is 50.4 Å². The van der Waals surface area contributed by atoms with Gasteiger partial charge in [0.05, 0.1) is 61.4 Å². The fraction of sp³-hybridized carbons (Fsp3) is 0.410. The third kappa shape index (κ3) is 9.55. The van der Waals surface area contributed by atoms with Gasteiger partial charge in [-0.05, 0) is 61.7 Å². The molecule has 0 saturated carbocycles. The highest BCUT2D eigenvalue weighted by Gasteiger charge is 2.34. The van der Waals surface area contributed by atoms with E-state index in [1.807, 2.05) is 28.8 Å². The minimum Gasteiger partial charge on any atom is -0.493 e. The van der Waals surface area contributed by atoms with E-state index < -0.39 is 39.6 Å². The van der Waals surface area contributed by atoms with Crippen LogP contribution in [0.1, 0.15) is 77.3 Å². The van der Waals surface area contributed by atoms with E-state index in [4.69, 9.17) is 14.3 Å². The predicted octanol–water partition coefficient (Wildman–Crippen LogP) is 5.26. The van der Waals surface area contributed by atoms with Gasteiger partial charge in [0.25, 0.3) is 21.9 Å². The molecule has 14 heteroatoms. The Bertz CT molecular complexity index is 2140. The van der Waals surface area contributed by atoms with E-state index in [0.717, 1.165) is 36.8 Å². The van der Waals surface area contributed by atoms with Crippen molar-refractivity contribution in [1.82, 2.24) is 5.06 Å². The Hall–Kier alpha value is -4.92. The second-order valence-corrected chi connectivity index (χ2v) is 15.7. The molecule has 1 aliphatic heterocycles. The summed E-state index contributed by atoms with van der Waals surface area (Å²) in [6, 6.07) is 15.6. The van der Waals surface area contributed by atoms with Crippen LogP contribution in [0.5, 0.6) is 11.5 Å². The molecule has 0 unspecified atom stereocenters. The number of imide groups is 1. The van der Waals surface area contributed by atoms with Crippen LogP contribution in [0.4, 0.5) is 0 Å². The maximum absolute atomic E-state index is 14.3. The first-order valence-electron chi connectivity index (χ1n) is 17.8. The van der Waals surface area contributed by atoms with Crippen molar-refractivity contribution in [1.29, 1.82) is 0 Å². The van der Waals surface area contributed by atoms with Crippen LogP contribution in [0.3, 0.4) is 0 Å². The summed E-state index contributed by atoms with van der Waals surface area (Å²) in [6.45, 7) is 8.23. The number of pyridine rings is 1. The minimum atomic E-state index is -4.19. The summed E-state index contributed by atoms with van der Waals surface area (Å²) in [7, 11) is 0.220. The molecule has 53 heavy (non-hydrogen) atoms. The lowest BCUT2D eigenvalue weighted by Crippen LogP contribution is -2.41. The number of rotatable bonds is 16. The number of carbonyl (C=O) groups excluding carboxylic acids is 4. The number of fused-ring (bicyclic) bond motifs is 2. The van der Waals surface area contributed by atoms with Crippen LogP contribution >= 0.6 is 0 Å². The molecule has 1 aromatic heterocycles. The standard InChI is InChI=1S/C39H46N3O10S/c1-6-7-19-42(4,5)20-11-21-50-29-14-15-33-31(25-29)36(30-12-8-9-13-32(30)40(33)18-10-22-53(47,48)49)39(46)51-37-26(2)23-28(24-27(37)3)38(45)52-41-34(43)16-17-35(41)44/h8-9,12-15,23-25H,6-7,10-11,16-22H2,1-5H3/q+1/p+1. The monoisotopic (exact) mass is 749 g/mol. The van der Waals surface area contributed by atoms with E-state index in [1.165, 1.54) is 12.1 Å². The molecule has 13 nitrogen and oxygen atoms in total. The van der Waals surface area contributed by atoms with Gasteiger partial charge in [-0.25, -0.2) is 9.59 Å². The van der Waals surface area contributed by atoms with Gasteiger partial charge >= 0.3 is 11.9 Å². The zero-order valence-electron chi connectivity index (χ0n) is 30.8. The van der Waals surface area contributed by atoms with E-state index in [9.17, 15) is 32.1 Å². The number of benzene rings is 3. The number of ether oxygens (including phenoxy) is 2. The van der Waals surface area contributed by atoms with Gasteiger partial charge in [0.1, 0.15) is 11.5 Å². The Morgan fingerprint density at radius 1 is 0.868 bits per heavy atom. The summed E-state index contributed by atoms with van der Waals surface area (Å²) < 4.78 is 47.7. The number of para-hydroxylation sites is 1. The van der Waals surface area contributed by atoms with Crippen molar-refractivity contribution in [3.63, 3.8) is 0 Å². The van der Waals surface area contributed by atoms with Crippen molar-refractivity contribution in [2.24, 2.45) is 0 Å². The topological polar surface area (TPSA) is 157 Å². The molecular formula is C39H47N3O10S+2. The molecule has 282 valence electrons. The van der Waals surface area contributed by atoms with Gasteiger partial charge in [0.15, 0.2) is 6.54 Å². The third-order valence-electron chi connectivity index (χ3n) is 9.34. The van der Waals surface area contributed by atoms with Crippen molar-refractivity contribution < 1.29 is 55.5 Å². The molecule has 1 aliphatic rings. The fourth-order valence-electron chi connectivity index (χ4n) is 6.65. The predicted molar refractivity (Wildman–Crippen MR) is 197 cm³/mol. The molecule has 2 amide bonds. The van der Waals surface area contributed by atoms with Crippen LogP contribution in [0, 0.1) is 13.8 Å². The first-order chi connectivity index (χ1) is 25.1. The molecule has 1 N–H and O–H groups in total. The van der Waals surface area contributed by atoms with Gasteiger partial charge in [-0.3, -0.25) is 14.1 Å². The van der Waals surface area contributed by atoms with Gasteiger partial charge in [-0.15, -0.1) is 5.06 Å². The maximum atomic E-state index is 14.3. The molecular weight excluding hydrogens is 703 g/mol. The zero-order valence-corrected chi connectivity index (χ0v) is 31.7. The van der Waals surface area contributed by atoms with Crippen molar-refractivity contribution in [3.8, 4) is 11.5 Å². The zero-order chi connectivity index (χ0) is 38.5. The molecule has 1 saturated heterocycles. The molecule has 0 aliphatic carbocycles. The molecule has 1 fully saturated rings. The third-order valence-corrected chi connectivity index (χ3v) is 10.1. The number of nitrogens with zero attached hydrogens (tertiary/aromatic N) is 3. The second-order valence-electron chi connectivity index (χ2n) is 14.1. The van der Waals surface area contributed by atoms with Crippen molar-refractivity contribution in [3.05, 3.63) is 76.9 Å². The summed E-state index contributed by atoms with van der Waals surface area (Å²) in [6.07, 6.45) is 3.17. The largest absolute Gasteiger partial charge is 0.493 e. The van der Waals surface area contributed by atoms with Crippen molar-refractivity contribution in [2.45, 2.75) is 65.8 Å². The summed E-state index contributed by atoms with van der Waals surface area (Å²) in [5.41, 5.74) is 2.51. The van der Waals surface area contributed by atoms with Gasteiger partial charge in [0.2, 0.25) is 11.0 Å². The van der Waals surface area contributed by atoms with Crippen molar-refractivity contribution >= 4 is 55.7 Å². The molecule has 0 bridgehead atoms. The van der Waals surface area contributed by atoms with Crippen LogP contribution in [-0.2, 0) is 31.1 Å². The lowest BCUT2D eigenvalue weighted by atomic mass is 10.0. The van der Waals surface area contributed by atoms with Crippen LogP contribution in [-0.4, -0.2) is 85.8 Å². The summed E-state index contributed by atoms with van der Waals surface area (Å²) in [5, 5.41) is 1.56. The molecule has 3 aromatic carbocycles. The van der Waals surface area contributed by atoms with Crippen LogP contribution in [0.2, 0.25) is 0 Å². The highest BCUT2D eigenvalue weighted by Crippen LogP contribution is 2.32. The highest BCUT2D eigenvalue weighted by atomic mass is 32.2. The highest BCUT2D eigenvalue weighted by molar-refractivity contribution is 7.85. The Kier molecular flexibility index (Phi) is 12.2. The number of aryl methyl sites for hydroxylation is 3. The lowest BCUT2D eigenvalue weighted by molar-refractivity contribution is -0.890. The number of aromatic nitrogens is 1. The number of quaternary nitrogens is 1. The number of hydrogen-bond acceptors (Lipinski definition) is 9. The van der Waals surface area contributed by atoms with E-state index in [-0.39, 0.29) is 42.7 Å². The number of esters is 1. The maximum Gasteiger partial charge on any atom is 0.363 e. The first kappa shape index (κ1) is 39.3. The summed E-state index contributed by atoms with van der Waals surface area (Å²) >= 11 is 0. The quantitative estimate of drug-likeness (QED) is 0.0234. The fourth-order valence-corrected chi connectivity index (χ4v) is 7.14. The number of hydrogen-bond donors (Lipinski definition) is 1. The van der Waals surface area contributed by atoms with Gasteiger partial charge < -0.3 is 18.8 Å². The lowest BCUT2D eigenvalue weighted by Gasteiger charge is -2.29. The van der Waals surface area contributed by atoms with Crippen LogP contribution < -0.4 is 14.0 Å². The summed E-state index contributed by atoms with van der Waals surface area (Å²) in [5.74, 6) is -2.41. The van der Waals surface area contributed by atoms with Crippen LogP contribution in [0.15, 0.2) is 54.6 Å². The van der Waals surface area contributed by atoms with E-state index in [1.54, 1.807) is 32.0 Å². The Labute approximate surface area is 309 Å². The molecule has 4 aromatic rings. The smallest absolute Gasteiger partial charge is 0.363 e. The molecule has 0 radical (unpaired) electrons. The van der Waals surface area contributed by atoms with Gasteiger partial charge in [-0.1, -0.05) is 25.5 Å². The first-order valence-corrected chi connectivity index (χ1v) is 19.4. The van der Waals surface area contributed by atoms with Gasteiger partial charge in [-0.2, -0.15) is 13.0 Å². The Balaban J connectivity index is 1.50. The molecule has 0 atom stereocenters. The number of hydroxylamine groups is 2. The Morgan fingerprint density at radius 2 is 1.51 bits per heavy atom. The SMILES string of the molecule is CCCC[N+](C)(C)CCCOc1ccc2c(c1)c(C(=O)Oc1c(C)cc(C(=O)ON3C(=O)CCC3=O)cc1C)c1ccccc1[n+]2CCCS(=O)(=O)O. The van der Waals surface area contributed by atoms with Crippen molar-refractivity contribution in [2.75, 3.05) is 39.5 Å². The molecule has 2 heterocycles. The average molecular weight is 750 g/mol. The molecule has 5 rings (SSSR count). The van der Waals surface area contributed by atoms with E-state index in [2.05, 4.69) is 21.0 Å². The number of carbonyl (C=O) groups is 4. The normalized spacial score (nSPS) is 13.6. The minimum absolute atomic E-state index is 0.0308. The van der Waals surface area contributed by atoms with Gasteiger partial charge in [0, 0.05) is 37.8 Å². The second kappa shape index (κ2) is 16.4.